The summed E-state index contributed by atoms with van der Waals surface area (Å²) in [6.07, 6.45) is -4.23. The minimum absolute atomic E-state index is 0.157. The van der Waals surface area contributed by atoms with Crippen molar-refractivity contribution in [1.29, 1.82) is 0 Å². The number of alkyl halides is 5. The largest absolute Gasteiger partial charge is 0.458 e. The Bertz CT molecular complexity index is 1450. The lowest BCUT2D eigenvalue weighted by Crippen LogP contribution is -2.33. The van der Waals surface area contributed by atoms with Gasteiger partial charge in [0.15, 0.2) is 0 Å². The van der Waals surface area contributed by atoms with E-state index in [4.69, 9.17) is 5.73 Å². The number of pyridine rings is 1. The van der Waals surface area contributed by atoms with Crippen LogP contribution in [0.5, 0.6) is 0 Å². The first kappa shape index (κ1) is 24.3. The first-order valence-electron chi connectivity index (χ1n) is 10.3. The summed E-state index contributed by atoms with van der Waals surface area (Å²) in [7, 11) is 3.03. The van der Waals surface area contributed by atoms with Crippen LogP contribution in [0, 0.1) is 5.82 Å². The van der Waals surface area contributed by atoms with Crippen molar-refractivity contribution < 1.29 is 31.1 Å². The van der Waals surface area contributed by atoms with E-state index in [-0.39, 0.29) is 22.5 Å². The number of nitrogen functional groups attached to an aromatic ring is 1. The summed E-state index contributed by atoms with van der Waals surface area (Å²) in [4.78, 5) is 18.5. The predicted molar refractivity (Wildman–Crippen MR) is 117 cm³/mol. The van der Waals surface area contributed by atoms with Crippen molar-refractivity contribution in [2.24, 2.45) is 7.05 Å². The molecule has 4 aromatic rings. The number of nitrogens with zero attached hydrogens (tertiary/aromatic N) is 4. The lowest BCUT2D eigenvalue weighted by atomic mass is 10.0. The third-order valence-electron chi connectivity index (χ3n) is 6.04. The van der Waals surface area contributed by atoms with Gasteiger partial charge in [0.05, 0.1) is 34.2 Å². The number of benzene rings is 2. The second-order valence-electron chi connectivity index (χ2n) is 8.16. The highest BCUT2D eigenvalue weighted by Crippen LogP contribution is 2.44. The number of hydrogen-bond donors (Lipinski definition) is 1. The SMILES string of the molecule is C[C@H](c1ccc(C(F)(F)C(F)(F)F)cc1)N(C)C(=O)c1cc2c(cc1F)nc(N)c1cnn(C)c12. The zero-order chi connectivity index (χ0) is 25.9. The lowest BCUT2D eigenvalue weighted by molar-refractivity contribution is -0.289. The van der Waals surface area contributed by atoms with Gasteiger partial charge in [0, 0.05) is 31.1 Å². The number of aromatic nitrogens is 3. The maximum Gasteiger partial charge on any atom is 0.458 e. The number of carbonyl (C=O) groups excluding carboxylic acids is 1. The van der Waals surface area contributed by atoms with Crippen LogP contribution < -0.4 is 5.73 Å². The number of halogens is 6. The van der Waals surface area contributed by atoms with E-state index < -0.39 is 35.4 Å². The summed E-state index contributed by atoms with van der Waals surface area (Å²) in [5.74, 6) is -6.44. The zero-order valence-corrected chi connectivity index (χ0v) is 18.7. The van der Waals surface area contributed by atoms with Gasteiger partial charge >= 0.3 is 12.1 Å². The summed E-state index contributed by atoms with van der Waals surface area (Å²) >= 11 is 0. The molecule has 1 amide bonds. The average Bonchev–Trinajstić information content (AvgIpc) is 3.19. The van der Waals surface area contributed by atoms with Crippen molar-refractivity contribution in [1.82, 2.24) is 19.7 Å². The Morgan fingerprint density at radius 1 is 1.09 bits per heavy atom. The second kappa shape index (κ2) is 8.14. The molecule has 4 rings (SSSR count). The Labute approximate surface area is 194 Å². The molecule has 2 aromatic carbocycles. The Kier molecular flexibility index (Phi) is 5.65. The summed E-state index contributed by atoms with van der Waals surface area (Å²) in [6, 6.07) is 5.11. The van der Waals surface area contributed by atoms with Gasteiger partial charge in [-0.1, -0.05) is 24.3 Å². The zero-order valence-electron chi connectivity index (χ0n) is 18.7. The number of rotatable bonds is 4. The molecule has 2 N–H and O–H groups in total. The Morgan fingerprint density at radius 2 is 1.71 bits per heavy atom. The third-order valence-corrected chi connectivity index (χ3v) is 6.04. The van der Waals surface area contributed by atoms with Crippen LogP contribution >= 0.6 is 0 Å². The van der Waals surface area contributed by atoms with Crippen LogP contribution in [0.15, 0.2) is 42.6 Å². The van der Waals surface area contributed by atoms with Gasteiger partial charge in [0.1, 0.15) is 11.6 Å². The average molecular weight is 495 g/mol. The molecule has 12 heteroatoms. The van der Waals surface area contributed by atoms with Crippen molar-refractivity contribution >= 4 is 33.5 Å². The summed E-state index contributed by atoms with van der Waals surface area (Å²) in [5, 5.41) is 5.10. The van der Waals surface area contributed by atoms with E-state index >= 15 is 0 Å². The lowest BCUT2D eigenvalue weighted by Gasteiger charge is -2.26. The van der Waals surface area contributed by atoms with Gasteiger partial charge in [0.2, 0.25) is 0 Å². The molecule has 35 heavy (non-hydrogen) atoms. The quantitative estimate of drug-likeness (QED) is 0.389. The Balaban J connectivity index is 1.68. The fourth-order valence-electron chi connectivity index (χ4n) is 3.87. The van der Waals surface area contributed by atoms with Crippen molar-refractivity contribution in [3.8, 4) is 0 Å². The minimum Gasteiger partial charge on any atom is -0.383 e. The van der Waals surface area contributed by atoms with Gasteiger partial charge in [-0.25, -0.2) is 9.37 Å². The van der Waals surface area contributed by atoms with Crippen molar-refractivity contribution in [3.63, 3.8) is 0 Å². The van der Waals surface area contributed by atoms with E-state index in [2.05, 4.69) is 10.1 Å². The fraction of sp³-hybridized carbons (Fsp3) is 0.261. The number of amides is 1. The first-order chi connectivity index (χ1) is 16.2. The normalized spacial score (nSPS) is 13.4. The molecule has 184 valence electrons. The molecule has 0 spiro atoms. The molecule has 6 nitrogen and oxygen atoms in total. The predicted octanol–water partition coefficient (Wildman–Crippen LogP) is 5.33. The van der Waals surface area contributed by atoms with Crippen LogP contribution in [0.3, 0.4) is 0 Å². The van der Waals surface area contributed by atoms with Crippen LogP contribution in [0.25, 0.3) is 21.8 Å². The maximum atomic E-state index is 14.9. The molecule has 0 fully saturated rings. The molecule has 0 unspecified atom stereocenters. The number of aryl methyl sites for hydroxylation is 1. The van der Waals surface area contributed by atoms with E-state index in [1.165, 1.54) is 30.9 Å². The van der Waals surface area contributed by atoms with Gasteiger partial charge in [-0.3, -0.25) is 9.48 Å². The maximum absolute atomic E-state index is 14.9. The van der Waals surface area contributed by atoms with Crippen molar-refractivity contribution in [3.05, 3.63) is 65.1 Å². The van der Waals surface area contributed by atoms with Gasteiger partial charge in [-0.2, -0.15) is 27.1 Å². The Hall–Kier alpha value is -3.83. The molecule has 0 aliphatic heterocycles. The smallest absolute Gasteiger partial charge is 0.383 e. The van der Waals surface area contributed by atoms with Crippen molar-refractivity contribution in [2.45, 2.75) is 25.1 Å². The van der Waals surface area contributed by atoms with Gasteiger partial charge in [0.25, 0.3) is 5.91 Å². The molecular formula is C23H19F6N5O. The van der Waals surface area contributed by atoms with Gasteiger partial charge in [-0.15, -0.1) is 0 Å². The van der Waals surface area contributed by atoms with Crippen LogP contribution in [0.1, 0.15) is 34.5 Å². The number of anilines is 1. The number of nitrogens with two attached hydrogens (primary N) is 1. The number of fused-ring (bicyclic) bond motifs is 3. The number of carbonyl (C=O) groups is 1. The van der Waals surface area contributed by atoms with E-state index in [9.17, 15) is 31.1 Å². The Morgan fingerprint density at radius 3 is 2.31 bits per heavy atom. The highest BCUT2D eigenvalue weighted by Gasteiger charge is 2.58. The highest BCUT2D eigenvalue weighted by atomic mass is 19.4. The molecule has 2 heterocycles. The first-order valence-corrected chi connectivity index (χ1v) is 10.3. The molecule has 0 saturated heterocycles. The molecule has 2 aromatic heterocycles. The molecule has 0 saturated carbocycles. The molecule has 0 aliphatic carbocycles. The molecular weight excluding hydrogens is 476 g/mol. The van der Waals surface area contributed by atoms with E-state index in [0.29, 0.717) is 28.4 Å². The molecule has 0 aliphatic rings. The third kappa shape index (κ3) is 3.92. The second-order valence-corrected chi connectivity index (χ2v) is 8.16. The van der Waals surface area contributed by atoms with Gasteiger partial charge in [-0.05, 0) is 18.6 Å². The monoisotopic (exact) mass is 495 g/mol. The van der Waals surface area contributed by atoms with Crippen LogP contribution in [0.2, 0.25) is 0 Å². The topological polar surface area (TPSA) is 77.0 Å². The summed E-state index contributed by atoms with van der Waals surface area (Å²) in [6.45, 7) is 1.54. The highest BCUT2D eigenvalue weighted by molar-refractivity contribution is 6.10. The standard InChI is InChI=1S/C23H19F6N5O/c1-11(12-4-6-13(7-5-12)22(25,26)23(27,28)29)33(2)21(35)14-8-15-18(9-17(14)24)32-20(30)16-10-31-34(3)19(15)16/h4-11H,1-3H3,(H2,30,32)/t11-/m1/s1. The minimum atomic E-state index is -5.74. The van der Waals surface area contributed by atoms with Crippen LogP contribution in [-0.4, -0.2) is 38.8 Å². The van der Waals surface area contributed by atoms with Crippen molar-refractivity contribution in [2.75, 3.05) is 12.8 Å². The molecule has 0 bridgehead atoms. The van der Waals surface area contributed by atoms with Crippen LogP contribution in [-0.2, 0) is 13.0 Å². The van der Waals surface area contributed by atoms with E-state index in [1.807, 2.05) is 0 Å². The molecule has 0 radical (unpaired) electrons. The molecule has 1 atom stereocenters. The van der Waals surface area contributed by atoms with Gasteiger partial charge < -0.3 is 10.6 Å². The fourth-order valence-corrected chi connectivity index (χ4v) is 3.87. The van der Waals surface area contributed by atoms with Crippen LogP contribution in [0.4, 0.5) is 32.2 Å². The van der Waals surface area contributed by atoms with E-state index in [0.717, 1.165) is 23.1 Å². The van der Waals surface area contributed by atoms with E-state index in [1.54, 1.807) is 7.05 Å². The summed E-state index contributed by atoms with van der Waals surface area (Å²) in [5.41, 5.74) is 5.49. The summed E-state index contributed by atoms with van der Waals surface area (Å²) < 4.78 is 81.4. The number of hydrogen-bond acceptors (Lipinski definition) is 4.